The number of benzene rings is 3. The Kier molecular flexibility index (Phi) is 10.4. The van der Waals surface area contributed by atoms with E-state index in [0.29, 0.717) is 48.0 Å². The van der Waals surface area contributed by atoms with Gasteiger partial charge in [0, 0.05) is 56.1 Å². The average Bonchev–Trinajstić information content (AvgIpc) is 2.96. The number of anilines is 4. The quantitative estimate of drug-likeness (QED) is 0.118. The molecule has 0 aliphatic heterocycles. The van der Waals surface area contributed by atoms with E-state index in [1.807, 2.05) is 43.3 Å². The molecule has 0 unspecified atom stereocenters. The minimum Gasteiger partial charge on any atom is -0.406 e. The van der Waals surface area contributed by atoms with Crippen molar-refractivity contribution in [2.45, 2.75) is 39.0 Å². The maximum atomic E-state index is 12.6. The Labute approximate surface area is 247 Å². The maximum absolute atomic E-state index is 12.6. The monoisotopic (exact) mass is 592 g/mol. The fourth-order valence-corrected chi connectivity index (χ4v) is 4.31. The molecule has 8 nitrogen and oxygen atoms in total. The number of hydrogen-bond donors (Lipinski definition) is 2. The van der Waals surface area contributed by atoms with Crippen LogP contribution in [-0.2, 0) is 22.4 Å². The smallest absolute Gasteiger partial charge is 0.406 e. The van der Waals surface area contributed by atoms with E-state index >= 15 is 0 Å². The van der Waals surface area contributed by atoms with E-state index < -0.39 is 6.36 Å². The first kappa shape index (κ1) is 31.2. The van der Waals surface area contributed by atoms with Gasteiger partial charge >= 0.3 is 6.36 Å². The van der Waals surface area contributed by atoms with Crippen LogP contribution in [0.3, 0.4) is 0 Å². The van der Waals surface area contributed by atoms with Crippen molar-refractivity contribution in [2.24, 2.45) is 0 Å². The summed E-state index contributed by atoms with van der Waals surface area (Å²) in [6, 6.07) is 19.8. The summed E-state index contributed by atoms with van der Waals surface area (Å²) >= 11 is 0. The van der Waals surface area contributed by atoms with Crippen molar-refractivity contribution >= 4 is 34.7 Å². The third-order valence-corrected chi connectivity index (χ3v) is 6.39. The second-order valence-corrected chi connectivity index (χ2v) is 9.85. The van der Waals surface area contributed by atoms with Crippen molar-refractivity contribution in [1.82, 2.24) is 9.97 Å². The third-order valence-electron chi connectivity index (χ3n) is 6.39. The van der Waals surface area contributed by atoms with Gasteiger partial charge in [-0.15, -0.1) is 13.2 Å². The maximum Gasteiger partial charge on any atom is 0.573 e. The molecule has 0 spiro atoms. The van der Waals surface area contributed by atoms with Gasteiger partial charge in [-0.1, -0.05) is 30.3 Å². The van der Waals surface area contributed by atoms with Crippen LogP contribution in [0.5, 0.6) is 5.75 Å². The van der Waals surface area contributed by atoms with E-state index in [4.69, 9.17) is 4.74 Å². The molecular formula is C32H31F3N4O4. The van der Waals surface area contributed by atoms with Crippen molar-refractivity contribution < 1.29 is 32.2 Å². The molecule has 4 rings (SSSR count). The number of ether oxygens (including phenoxy) is 2. The van der Waals surface area contributed by atoms with Gasteiger partial charge in [-0.3, -0.25) is 9.59 Å². The minimum atomic E-state index is -4.76. The van der Waals surface area contributed by atoms with Crippen molar-refractivity contribution in [3.63, 3.8) is 0 Å². The van der Waals surface area contributed by atoms with Crippen LogP contribution in [0.4, 0.5) is 36.3 Å². The Bertz CT molecular complexity index is 1540. The van der Waals surface area contributed by atoms with E-state index in [-0.39, 0.29) is 30.2 Å². The lowest BCUT2D eigenvalue weighted by Gasteiger charge is -2.11. The highest BCUT2D eigenvalue weighted by Crippen LogP contribution is 2.24. The third kappa shape index (κ3) is 9.93. The Balaban J connectivity index is 1.32. The summed E-state index contributed by atoms with van der Waals surface area (Å²) in [5.41, 5.74) is 4.37. The van der Waals surface area contributed by atoms with Crippen LogP contribution >= 0.6 is 0 Å². The highest BCUT2D eigenvalue weighted by atomic mass is 19.4. The number of hydrogen-bond acceptors (Lipinski definition) is 8. The van der Waals surface area contributed by atoms with Crippen LogP contribution in [0.25, 0.3) is 0 Å². The Morgan fingerprint density at radius 3 is 2.16 bits per heavy atom. The SMILES string of the molecule is COCCCC(=O)c1cc(Nc2nccc(Nc3ccc(CC(=O)Cc4ccc(OC(F)(F)F)cc4)cc3)n2)ccc1C. The molecule has 1 aromatic heterocycles. The van der Waals surface area contributed by atoms with Crippen LogP contribution in [0, 0.1) is 6.92 Å². The number of nitrogens with one attached hydrogen (secondary N) is 2. The molecule has 0 radical (unpaired) electrons. The molecule has 0 aliphatic rings. The molecule has 0 saturated heterocycles. The van der Waals surface area contributed by atoms with Gasteiger partial charge in [0.05, 0.1) is 0 Å². The Morgan fingerprint density at radius 1 is 0.860 bits per heavy atom. The van der Waals surface area contributed by atoms with Crippen LogP contribution in [-0.4, -0.2) is 41.6 Å². The molecule has 0 atom stereocenters. The molecule has 0 fully saturated rings. The first-order valence-corrected chi connectivity index (χ1v) is 13.5. The lowest BCUT2D eigenvalue weighted by atomic mass is 10.0. The Hall–Kier alpha value is -4.77. The summed E-state index contributed by atoms with van der Waals surface area (Å²) < 4.78 is 45.9. The summed E-state index contributed by atoms with van der Waals surface area (Å²) in [7, 11) is 1.61. The van der Waals surface area contributed by atoms with Crippen LogP contribution in [0.15, 0.2) is 79.0 Å². The number of Topliss-reactive ketones (excluding diaryl/α,β-unsaturated/α-hetero) is 2. The molecule has 43 heavy (non-hydrogen) atoms. The molecule has 0 aliphatic carbocycles. The van der Waals surface area contributed by atoms with E-state index in [2.05, 4.69) is 25.3 Å². The molecule has 0 amide bonds. The zero-order valence-corrected chi connectivity index (χ0v) is 23.7. The highest BCUT2D eigenvalue weighted by Gasteiger charge is 2.31. The van der Waals surface area contributed by atoms with Gasteiger partial charge in [0.15, 0.2) is 5.78 Å². The molecule has 224 valence electrons. The standard InChI is InChI=1S/C32H31F3N4O4/c1-21-5-10-25(20-28(21)29(41)4-3-17-42-2)38-31-36-16-15-30(39-31)37-24-11-6-22(7-12-24)18-26(40)19-23-8-13-27(14-9-23)43-32(33,34)35/h5-16,20H,3-4,17-19H2,1-2H3,(H2,36,37,38,39). The zero-order valence-electron chi connectivity index (χ0n) is 23.7. The number of nitrogens with zero attached hydrogens (tertiary/aromatic N) is 2. The lowest BCUT2D eigenvalue weighted by molar-refractivity contribution is -0.274. The summed E-state index contributed by atoms with van der Waals surface area (Å²) in [5.74, 6) is 0.540. The number of carbonyl (C=O) groups excluding carboxylic acids is 2. The van der Waals surface area contributed by atoms with Crippen LogP contribution in [0.2, 0.25) is 0 Å². The van der Waals surface area contributed by atoms with Crippen molar-refractivity contribution in [3.8, 4) is 5.75 Å². The van der Waals surface area contributed by atoms with E-state index in [0.717, 1.165) is 16.8 Å². The van der Waals surface area contributed by atoms with E-state index in [9.17, 15) is 22.8 Å². The van der Waals surface area contributed by atoms with Gasteiger partial charge in [-0.2, -0.15) is 4.98 Å². The highest BCUT2D eigenvalue weighted by molar-refractivity contribution is 5.98. The van der Waals surface area contributed by atoms with E-state index in [1.165, 1.54) is 24.3 Å². The van der Waals surface area contributed by atoms with Gasteiger partial charge in [0.25, 0.3) is 0 Å². The molecule has 11 heteroatoms. The molecule has 0 saturated carbocycles. The van der Waals surface area contributed by atoms with Crippen LogP contribution in [0.1, 0.15) is 39.9 Å². The first-order chi connectivity index (χ1) is 20.6. The molecule has 0 bridgehead atoms. The van der Waals surface area contributed by atoms with Crippen molar-refractivity contribution in [1.29, 1.82) is 0 Å². The minimum absolute atomic E-state index is 0.0494. The molecule has 3 aromatic carbocycles. The fraction of sp³-hybridized carbons (Fsp3) is 0.250. The Morgan fingerprint density at radius 2 is 1.51 bits per heavy atom. The van der Waals surface area contributed by atoms with Crippen molar-refractivity contribution in [2.75, 3.05) is 24.4 Å². The number of aryl methyl sites for hydroxylation is 1. The predicted molar refractivity (Wildman–Crippen MR) is 157 cm³/mol. The van der Waals surface area contributed by atoms with Crippen LogP contribution < -0.4 is 15.4 Å². The van der Waals surface area contributed by atoms with Gasteiger partial charge < -0.3 is 20.1 Å². The molecule has 2 N–H and O–H groups in total. The van der Waals surface area contributed by atoms with Crippen molar-refractivity contribution in [3.05, 3.63) is 101 Å². The number of alkyl halides is 3. The molecule has 4 aromatic rings. The zero-order chi connectivity index (χ0) is 30.8. The first-order valence-electron chi connectivity index (χ1n) is 13.5. The fourth-order valence-electron chi connectivity index (χ4n) is 4.31. The summed E-state index contributed by atoms with van der Waals surface area (Å²) in [4.78, 5) is 33.9. The van der Waals surface area contributed by atoms with Gasteiger partial charge in [0.2, 0.25) is 5.95 Å². The van der Waals surface area contributed by atoms with E-state index in [1.54, 1.807) is 25.4 Å². The number of carbonyl (C=O) groups is 2. The van der Waals surface area contributed by atoms with Gasteiger partial charge in [-0.05, 0) is 72.5 Å². The largest absolute Gasteiger partial charge is 0.573 e. The predicted octanol–water partition coefficient (Wildman–Crippen LogP) is 7.13. The average molecular weight is 593 g/mol. The summed E-state index contributed by atoms with van der Waals surface area (Å²) in [6.45, 7) is 2.43. The second kappa shape index (κ2) is 14.4. The molecular weight excluding hydrogens is 561 g/mol. The number of methoxy groups -OCH3 is 1. The van der Waals surface area contributed by atoms with Gasteiger partial charge in [0.1, 0.15) is 17.4 Å². The van der Waals surface area contributed by atoms with Gasteiger partial charge in [-0.25, -0.2) is 4.98 Å². The normalized spacial score (nSPS) is 11.2. The number of halogens is 3. The summed E-state index contributed by atoms with van der Waals surface area (Å²) in [5, 5.41) is 6.36. The molecule has 1 heterocycles. The lowest BCUT2D eigenvalue weighted by Crippen LogP contribution is -2.17. The second-order valence-electron chi connectivity index (χ2n) is 9.85. The number of rotatable bonds is 14. The number of ketones is 2. The summed E-state index contributed by atoms with van der Waals surface area (Å²) in [6.07, 6.45) is -1.83. The number of aromatic nitrogens is 2. The topological polar surface area (TPSA) is 102 Å².